The number of rotatable bonds is 14. The summed E-state index contributed by atoms with van der Waals surface area (Å²) in [5.41, 5.74) is 8.45. The third kappa shape index (κ3) is 8.13. The zero-order chi connectivity index (χ0) is 29.4. The number of hydrogen-bond donors (Lipinski definition) is 8. The molecule has 216 valence electrons. The molecule has 0 saturated heterocycles. The van der Waals surface area contributed by atoms with Crippen molar-refractivity contribution in [3.63, 3.8) is 0 Å². The minimum Gasteiger partial charge on any atom is -0.480 e. The van der Waals surface area contributed by atoms with Crippen LogP contribution >= 0.6 is 0 Å². The van der Waals surface area contributed by atoms with Crippen LogP contribution in [-0.2, 0) is 32.0 Å². The van der Waals surface area contributed by atoms with Crippen molar-refractivity contribution in [2.45, 2.75) is 70.3 Å². The van der Waals surface area contributed by atoms with Gasteiger partial charge in [-0.3, -0.25) is 14.4 Å². The maximum absolute atomic E-state index is 13.2. The van der Waals surface area contributed by atoms with E-state index in [0.717, 1.165) is 16.5 Å². The molecule has 0 bridgehead atoms. The van der Waals surface area contributed by atoms with Gasteiger partial charge in [-0.1, -0.05) is 32.0 Å². The number of amides is 3. The summed E-state index contributed by atoms with van der Waals surface area (Å²) >= 11 is 0. The summed E-state index contributed by atoms with van der Waals surface area (Å²) in [7, 11) is 0. The number of aromatic nitrogens is 3. The first-order chi connectivity index (χ1) is 19.0. The molecule has 5 unspecified atom stereocenters. The molecule has 0 aliphatic rings. The van der Waals surface area contributed by atoms with E-state index in [-0.39, 0.29) is 25.2 Å². The van der Waals surface area contributed by atoms with E-state index in [4.69, 9.17) is 5.73 Å². The van der Waals surface area contributed by atoms with Gasteiger partial charge in [0, 0.05) is 35.4 Å². The van der Waals surface area contributed by atoms with Crippen molar-refractivity contribution >= 4 is 34.6 Å². The van der Waals surface area contributed by atoms with E-state index in [1.165, 1.54) is 19.4 Å². The number of aliphatic hydroxyl groups excluding tert-OH is 1. The van der Waals surface area contributed by atoms with Crippen molar-refractivity contribution in [3.8, 4) is 0 Å². The number of hydrogen-bond acceptors (Lipinski definition) is 7. The Labute approximate surface area is 231 Å². The van der Waals surface area contributed by atoms with Crippen molar-refractivity contribution < 1.29 is 29.4 Å². The Morgan fingerprint density at radius 1 is 0.950 bits per heavy atom. The molecule has 3 rings (SSSR count). The predicted octanol–water partition coefficient (Wildman–Crippen LogP) is -0.0306. The molecular formula is C27H37N7O6. The first-order valence-corrected chi connectivity index (χ1v) is 13.1. The Hall–Kier alpha value is -4.23. The number of imidazole rings is 1. The second kappa shape index (κ2) is 13.7. The maximum atomic E-state index is 13.2. The van der Waals surface area contributed by atoms with Gasteiger partial charge in [0.15, 0.2) is 0 Å². The molecule has 0 radical (unpaired) electrons. The van der Waals surface area contributed by atoms with Gasteiger partial charge < -0.3 is 41.9 Å². The number of H-pyrrole nitrogens is 2. The topological polar surface area (TPSA) is 215 Å². The lowest BCUT2D eigenvalue weighted by molar-refractivity contribution is -0.143. The average Bonchev–Trinajstić information content (AvgIpc) is 3.55. The number of nitrogens with zero attached hydrogens (tertiary/aromatic N) is 1. The van der Waals surface area contributed by atoms with Crippen molar-refractivity contribution in [2.24, 2.45) is 11.7 Å². The van der Waals surface area contributed by atoms with Crippen molar-refractivity contribution in [1.29, 1.82) is 0 Å². The molecule has 0 aliphatic carbocycles. The third-order valence-corrected chi connectivity index (χ3v) is 6.45. The molecule has 2 heterocycles. The van der Waals surface area contributed by atoms with Gasteiger partial charge in [0.1, 0.15) is 18.1 Å². The first kappa shape index (κ1) is 30.3. The number of para-hydroxylation sites is 1. The van der Waals surface area contributed by atoms with E-state index in [1.807, 2.05) is 38.1 Å². The van der Waals surface area contributed by atoms with Gasteiger partial charge in [-0.15, -0.1) is 0 Å². The Morgan fingerprint density at radius 3 is 2.27 bits per heavy atom. The molecule has 5 atom stereocenters. The standard InChI is InChI=1S/C27H37N7O6/c1-14(2)8-21(32-24(36)19(28)9-16-11-30-20-7-5-4-6-18(16)20)25(37)34-23(15(3)35)26(38)33-22(27(39)40)10-17-12-29-13-31-17/h4-7,11-15,19,21-23,30,35H,8-10,28H2,1-3H3,(H,29,31)(H,32,36)(H,33,38)(H,34,37)(H,39,40). The number of carboxylic acids is 1. The lowest BCUT2D eigenvalue weighted by Crippen LogP contribution is -2.60. The fourth-order valence-corrected chi connectivity index (χ4v) is 4.35. The highest BCUT2D eigenvalue weighted by atomic mass is 16.4. The zero-order valence-electron chi connectivity index (χ0n) is 22.7. The van der Waals surface area contributed by atoms with Crippen LogP contribution in [0.25, 0.3) is 10.9 Å². The summed E-state index contributed by atoms with van der Waals surface area (Å²) in [5, 5.41) is 28.2. The Kier molecular flexibility index (Phi) is 10.4. The molecule has 40 heavy (non-hydrogen) atoms. The van der Waals surface area contributed by atoms with E-state index in [1.54, 1.807) is 6.20 Å². The summed E-state index contributed by atoms with van der Waals surface area (Å²) < 4.78 is 0. The fraction of sp³-hybridized carbons (Fsp3) is 0.444. The Balaban J connectivity index is 1.67. The summed E-state index contributed by atoms with van der Waals surface area (Å²) in [6, 6.07) is 2.82. The molecule has 9 N–H and O–H groups in total. The van der Waals surface area contributed by atoms with Crippen LogP contribution in [0.15, 0.2) is 43.0 Å². The van der Waals surface area contributed by atoms with Crippen LogP contribution in [0.3, 0.4) is 0 Å². The Bertz CT molecular complexity index is 1300. The van der Waals surface area contributed by atoms with Crippen LogP contribution in [0.2, 0.25) is 0 Å². The van der Waals surface area contributed by atoms with Gasteiger partial charge in [-0.2, -0.15) is 0 Å². The second-order valence-electron chi connectivity index (χ2n) is 10.3. The number of carbonyl (C=O) groups excluding carboxylic acids is 3. The van der Waals surface area contributed by atoms with Gasteiger partial charge in [0.2, 0.25) is 17.7 Å². The number of aliphatic hydroxyl groups is 1. The molecule has 3 amide bonds. The maximum Gasteiger partial charge on any atom is 0.326 e. The van der Waals surface area contributed by atoms with E-state index in [0.29, 0.717) is 5.69 Å². The van der Waals surface area contributed by atoms with Gasteiger partial charge in [0.05, 0.1) is 18.5 Å². The molecule has 1 aromatic carbocycles. The molecule has 3 aromatic rings. The minimum absolute atomic E-state index is 0.00878. The number of nitrogens with two attached hydrogens (primary N) is 1. The normalized spacial score (nSPS) is 15.2. The SMILES string of the molecule is CC(C)CC(NC(=O)C(N)Cc1c[nH]c2ccccc12)C(=O)NC(C(=O)NC(Cc1cnc[nH]1)C(=O)O)C(C)O. The van der Waals surface area contributed by atoms with Crippen molar-refractivity contribution in [1.82, 2.24) is 30.9 Å². The number of benzene rings is 1. The predicted molar refractivity (Wildman–Crippen MR) is 147 cm³/mol. The quantitative estimate of drug-likeness (QED) is 0.135. The molecule has 13 nitrogen and oxygen atoms in total. The smallest absolute Gasteiger partial charge is 0.326 e. The fourth-order valence-electron chi connectivity index (χ4n) is 4.35. The van der Waals surface area contributed by atoms with Gasteiger partial charge >= 0.3 is 5.97 Å². The van der Waals surface area contributed by atoms with Crippen LogP contribution in [0, 0.1) is 5.92 Å². The number of aromatic amines is 2. The molecule has 2 aromatic heterocycles. The highest BCUT2D eigenvalue weighted by Crippen LogP contribution is 2.19. The van der Waals surface area contributed by atoms with E-state index in [9.17, 15) is 29.4 Å². The molecule has 13 heteroatoms. The second-order valence-corrected chi connectivity index (χ2v) is 10.3. The van der Waals surface area contributed by atoms with Crippen LogP contribution in [-0.4, -0.2) is 79.1 Å². The lowest BCUT2D eigenvalue weighted by atomic mass is 10.0. The highest BCUT2D eigenvalue weighted by Gasteiger charge is 2.33. The van der Waals surface area contributed by atoms with E-state index < -0.39 is 54.0 Å². The lowest BCUT2D eigenvalue weighted by Gasteiger charge is -2.27. The number of carboxylic acid groups (broad SMARTS) is 1. The molecular weight excluding hydrogens is 518 g/mol. The molecule has 0 fully saturated rings. The van der Waals surface area contributed by atoms with Gasteiger partial charge in [-0.25, -0.2) is 9.78 Å². The van der Waals surface area contributed by atoms with Crippen molar-refractivity contribution in [2.75, 3.05) is 0 Å². The van der Waals surface area contributed by atoms with Crippen LogP contribution in [0.5, 0.6) is 0 Å². The average molecular weight is 556 g/mol. The summed E-state index contributed by atoms with van der Waals surface area (Å²) in [6.45, 7) is 5.02. The number of carbonyl (C=O) groups is 4. The minimum atomic E-state index is -1.47. The molecule has 0 spiro atoms. The zero-order valence-corrected chi connectivity index (χ0v) is 22.7. The van der Waals surface area contributed by atoms with E-state index in [2.05, 4.69) is 30.9 Å². The summed E-state index contributed by atoms with van der Waals surface area (Å²) in [4.78, 5) is 60.6. The summed E-state index contributed by atoms with van der Waals surface area (Å²) in [5.74, 6) is -3.45. The van der Waals surface area contributed by atoms with E-state index >= 15 is 0 Å². The van der Waals surface area contributed by atoms with Crippen LogP contribution < -0.4 is 21.7 Å². The third-order valence-electron chi connectivity index (χ3n) is 6.45. The molecule has 0 aliphatic heterocycles. The number of fused-ring (bicyclic) bond motifs is 1. The Morgan fingerprint density at radius 2 is 1.65 bits per heavy atom. The first-order valence-electron chi connectivity index (χ1n) is 13.1. The van der Waals surface area contributed by atoms with Crippen molar-refractivity contribution in [3.05, 3.63) is 54.2 Å². The van der Waals surface area contributed by atoms with Gasteiger partial charge in [0.25, 0.3) is 0 Å². The van der Waals surface area contributed by atoms with Gasteiger partial charge in [-0.05, 0) is 37.3 Å². The summed E-state index contributed by atoms with van der Waals surface area (Å²) in [6.07, 6.45) is 3.63. The monoisotopic (exact) mass is 555 g/mol. The highest BCUT2D eigenvalue weighted by molar-refractivity contribution is 5.94. The molecule has 0 saturated carbocycles. The number of aliphatic carboxylic acids is 1. The van der Waals surface area contributed by atoms with Crippen LogP contribution in [0.1, 0.15) is 38.4 Å². The van der Waals surface area contributed by atoms with Crippen LogP contribution in [0.4, 0.5) is 0 Å². The number of nitrogens with one attached hydrogen (secondary N) is 5. The largest absolute Gasteiger partial charge is 0.480 e.